The molecule has 0 spiro atoms. The average Bonchev–Trinajstić information content (AvgIpc) is 3.41. The van der Waals surface area contributed by atoms with Crippen LogP contribution in [0.15, 0.2) is 48.7 Å². The summed E-state index contributed by atoms with van der Waals surface area (Å²) in [5.41, 5.74) is 4.93. The number of benzene rings is 2. The molecule has 5 rings (SSSR count). The summed E-state index contributed by atoms with van der Waals surface area (Å²) in [6.07, 6.45) is 2.62. The van der Waals surface area contributed by atoms with Crippen molar-refractivity contribution < 1.29 is 13.9 Å². The zero-order valence-electron chi connectivity index (χ0n) is 16.7. The Morgan fingerprint density at radius 2 is 2.10 bits per heavy atom. The minimum atomic E-state index is -0.360. The Bertz CT molecular complexity index is 1260. The largest absolute Gasteiger partial charge is 0.497 e. The molecular formula is C23H21FN4O2. The zero-order chi connectivity index (χ0) is 20.8. The maximum Gasteiger partial charge on any atom is 0.275 e. The molecule has 0 saturated heterocycles. The third-order valence-corrected chi connectivity index (χ3v) is 5.80. The fourth-order valence-corrected chi connectivity index (χ4v) is 4.33. The highest BCUT2D eigenvalue weighted by molar-refractivity contribution is 5.98. The number of amides is 1. The lowest BCUT2D eigenvalue weighted by molar-refractivity contribution is 0.0745. The van der Waals surface area contributed by atoms with Crippen molar-refractivity contribution in [1.29, 1.82) is 0 Å². The van der Waals surface area contributed by atoms with Crippen LogP contribution in [0.4, 0.5) is 4.39 Å². The molecule has 1 atom stereocenters. The van der Waals surface area contributed by atoms with E-state index in [1.54, 1.807) is 18.1 Å². The summed E-state index contributed by atoms with van der Waals surface area (Å²) in [6, 6.07) is 11.9. The van der Waals surface area contributed by atoms with Crippen LogP contribution in [0.25, 0.3) is 10.9 Å². The summed E-state index contributed by atoms with van der Waals surface area (Å²) in [5.74, 6) is 0.327. The number of aromatic nitrogens is 3. The van der Waals surface area contributed by atoms with Gasteiger partial charge in [-0.2, -0.15) is 5.10 Å². The van der Waals surface area contributed by atoms with Crippen LogP contribution in [-0.2, 0) is 6.42 Å². The van der Waals surface area contributed by atoms with E-state index in [-0.39, 0.29) is 17.8 Å². The SMILES string of the molecule is COc1ccc2[nH]cc(CCN3C(=O)c4n[nH]c(C)c4[C@H]3c3cccc(F)c3)c2c1. The molecule has 2 aromatic heterocycles. The molecule has 0 aliphatic carbocycles. The summed E-state index contributed by atoms with van der Waals surface area (Å²) in [5, 5.41) is 8.18. The summed E-state index contributed by atoms with van der Waals surface area (Å²) in [4.78, 5) is 18.2. The number of aromatic amines is 2. The molecule has 2 aromatic carbocycles. The molecule has 1 amide bonds. The lowest BCUT2D eigenvalue weighted by Crippen LogP contribution is -2.31. The fraction of sp³-hybridized carbons (Fsp3) is 0.217. The van der Waals surface area contributed by atoms with Gasteiger partial charge in [-0.1, -0.05) is 12.1 Å². The van der Waals surface area contributed by atoms with Gasteiger partial charge in [-0.15, -0.1) is 0 Å². The number of H-pyrrole nitrogens is 2. The molecule has 3 heterocycles. The average molecular weight is 404 g/mol. The summed E-state index contributed by atoms with van der Waals surface area (Å²) < 4.78 is 19.3. The number of rotatable bonds is 5. The summed E-state index contributed by atoms with van der Waals surface area (Å²) in [6.45, 7) is 2.38. The number of halogens is 1. The smallest absolute Gasteiger partial charge is 0.275 e. The first kappa shape index (κ1) is 18.4. The highest BCUT2D eigenvalue weighted by atomic mass is 19.1. The van der Waals surface area contributed by atoms with Crippen molar-refractivity contribution >= 4 is 16.8 Å². The van der Waals surface area contributed by atoms with E-state index in [0.717, 1.165) is 39.0 Å². The molecule has 0 fully saturated rings. The first-order chi connectivity index (χ1) is 14.6. The molecule has 0 unspecified atom stereocenters. The molecule has 1 aliphatic rings. The van der Waals surface area contributed by atoms with E-state index >= 15 is 0 Å². The maximum atomic E-state index is 14.0. The van der Waals surface area contributed by atoms with Gasteiger partial charge in [-0.25, -0.2) is 4.39 Å². The Morgan fingerprint density at radius 3 is 2.90 bits per heavy atom. The van der Waals surface area contributed by atoms with Gasteiger partial charge in [-0.3, -0.25) is 9.89 Å². The van der Waals surface area contributed by atoms with Crippen molar-refractivity contribution in [3.8, 4) is 5.75 Å². The number of aryl methyl sites for hydroxylation is 1. The number of carbonyl (C=O) groups excluding carboxylic acids is 1. The number of hydrogen-bond acceptors (Lipinski definition) is 3. The molecule has 1 aliphatic heterocycles. The molecule has 7 heteroatoms. The number of hydrogen-bond donors (Lipinski definition) is 2. The van der Waals surface area contributed by atoms with Crippen LogP contribution in [0.5, 0.6) is 5.75 Å². The lowest BCUT2D eigenvalue weighted by Gasteiger charge is -2.26. The molecule has 4 aromatic rings. The van der Waals surface area contributed by atoms with Crippen LogP contribution >= 0.6 is 0 Å². The highest BCUT2D eigenvalue weighted by Gasteiger charge is 2.41. The van der Waals surface area contributed by atoms with Gasteiger partial charge >= 0.3 is 0 Å². The van der Waals surface area contributed by atoms with Crippen LogP contribution < -0.4 is 4.74 Å². The maximum absolute atomic E-state index is 14.0. The van der Waals surface area contributed by atoms with E-state index in [9.17, 15) is 9.18 Å². The fourth-order valence-electron chi connectivity index (χ4n) is 4.33. The number of fused-ring (bicyclic) bond motifs is 2. The van der Waals surface area contributed by atoms with Crippen molar-refractivity contribution in [3.05, 3.63) is 82.6 Å². The van der Waals surface area contributed by atoms with Gasteiger partial charge in [0.05, 0.1) is 13.2 Å². The van der Waals surface area contributed by atoms with Crippen molar-refractivity contribution in [2.75, 3.05) is 13.7 Å². The van der Waals surface area contributed by atoms with E-state index in [1.807, 2.05) is 37.4 Å². The minimum absolute atomic E-state index is 0.138. The number of nitrogens with zero attached hydrogens (tertiary/aromatic N) is 2. The molecule has 2 N–H and O–H groups in total. The predicted molar refractivity (Wildman–Crippen MR) is 111 cm³/mol. The van der Waals surface area contributed by atoms with Gasteiger partial charge < -0.3 is 14.6 Å². The van der Waals surface area contributed by atoms with E-state index in [0.29, 0.717) is 18.7 Å². The minimum Gasteiger partial charge on any atom is -0.497 e. The number of ether oxygens (including phenoxy) is 1. The molecule has 0 radical (unpaired) electrons. The van der Waals surface area contributed by atoms with Crippen molar-refractivity contribution in [2.24, 2.45) is 0 Å². The van der Waals surface area contributed by atoms with Gasteiger partial charge in [-0.05, 0) is 54.8 Å². The van der Waals surface area contributed by atoms with Crippen LogP contribution in [0, 0.1) is 12.7 Å². The van der Waals surface area contributed by atoms with E-state index < -0.39 is 0 Å². The molecular weight excluding hydrogens is 383 g/mol. The predicted octanol–water partition coefficient (Wildman–Crippen LogP) is 4.14. The van der Waals surface area contributed by atoms with Gasteiger partial charge in [0, 0.05) is 34.9 Å². The number of nitrogens with one attached hydrogen (secondary N) is 2. The van der Waals surface area contributed by atoms with Crippen molar-refractivity contribution in [1.82, 2.24) is 20.1 Å². The Balaban J connectivity index is 1.49. The topological polar surface area (TPSA) is 74.0 Å². The quantitative estimate of drug-likeness (QED) is 0.525. The monoisotopic (exact) mass is 404 g/mol. The first-order valence-electron chi connectivity index (χ1n) is 9.82. The van der Waals surface area contributed by atoms with E-state index in [1.165, 1.54) is 12.1 Å². The molecule has 0 bridgehead atoms. The second kappa shape index (κ2) is 7.02. The van der Waals surface area contributed by atoms with Crippen LogP contribution in [-0.4, -0.2) is 39.6 Å². The lowest BCUT2D eigenvalue weighted by atomic mass is 9.99. The molecule has 6 nitrogen and oxygen atoms in total. The molecule has 30 heavy (non-hydrogen) atoms. The number of methoxy groups -OCH3 is 1. The van der Waals surface area contributed by atoms with Crippen LogP contribution in [0.2, 0.25) is 0 Å². The standard InChI is InChI=1S/C23H21FN4O2/c1-13-20-21(27-26-13)23(29)28(22(20)14-4-3-5-16(24)10-14)9-8-15-12-25-19-7-6-17(30-2)11-18(15)19/h3-7,10-12,22,25H,8-9H2,1-2H3,(H,26,27)/t22-/m1/s1. The Hall–Kier alpha value is -3.61. The van der Waals surface area contributed by atoms with Gasteiger partial charge in [0.25, 0.3) is 5.91 Å². The van der Waals surface area contributed by atoms with Crippen LogP contribution in [0.1, 0.15) is 38.9 Å². The second-order valence-electron chi connectivity index (χ2n) is 7.54. The van der Waals surface area contributed by atoms with Gasteiger partial charge in [0.2, 0.25) is 0 Å². The zero-order valence-corrected chi connectivity index (χ0v) is 16.7. The Morgan fingerprint density at radius 1 is 1.23 bits per heavy atom. The first-order valence-corrected chi connectivity index (χ1v) is 9.82. The number of carbonyl (C=O) groups is 1. The third-order valence-electron chi connectivity index (χ3n) is 5.80. The van der Waals surface area contributed by atoms with E-state index in [4.69, 9.17) is 4.74 Å². The van der Waals surface area contributed by atoms with Crippen molar-refractivity contribution in [2.45, 2.75) is 19.4 Å². The van der Waals surface area contributed by atoms with Crippen molar-refractivity contribution in [3.63, 3.8) is 0 Å². The van der Waals surface area contributed by atoms with Gasteiger partial charge in [0.15, 0.2) is 5.69 Å². The van der Waals surface area contributed by atoms with Gasteiger partial charge in [0.1, 0.15) is 11.6 Å². The molecule has 152 valence electrons. The normalized spacial score (nSPS) is 15.8. The molecule has 0 saturated carbocycles. The highest BCUT2D eigenvalue weighted by Crippen LogP contribution is 2.39. The third kappa shape index (κ3) is 2.85. The van der Waals surface area contributed by atoms with Crippen LogP contribution in [0.3, 0.4) is 0 Å². The second-order valence-corrected chi connectivity index (χ2v) is 7.54. The summed E-state index contributed by atoms with van der Waals surface area (Å²) in [7, 11) is 1.64. The Kier molecular flexibility index (Phi) is 4.31. The van der Waals surface area contributed by atoms with E-state index in [2.05, 4.69) is 15.2 Å². The Labute approximate surface area is 172 Å². The summed E-state index contributed by atoms with van der Waals surface area (Å²) >= 11 is 0.